The Morgan fingerprint density at radius 2 is 1.74 bits per heavy atom. The highest BCUT2D eigenvalue weighted by Crippen LogP contribution is 2.32. The molecule has 6 nitrogen and oxygen atoms in total. The number of thioether (sulfide) groups is 1. The number of aryl methyl sites for hydroxylation is 1. The summed E-state index contributed by atoms with van der Waals surface area (Å²) in [6.07, 6.45) is 1.04. The Morgan fingerprint density at radius 3 is 2.42 bits per heavy atom. The Morgan fingerprint density at radius 1 is 1.03 bits per heavy atom. The zero-order valence-electron chi connectivity index (χ0n) is 17.9. The van der Waals surface area contributed by atoms with Gasteiger partial charge in [0.2, 0.25) is 11.8 Å². The molecule has 1 saturated heterocycles. The van der Waals surface area contributed by atoms with Gasteiger partial charge in [0, 0.05) is 36.6 Å². The number of carbonyl (C=O) groups is 1. The fourth-order valence-corrected chi connectivity index (χ4v) is 4.54. The van der Waals surface area contributed by atoms with Gasteiger partial charge in [-0.2, -0.15) is 16.9 Å². The van der Waals surface area contributed by atoms with E-state index in [0.717, 1.165) is 53.0 Å². The van der Waals surface area contributed by atoms with Gasteiger partial charge in [0.1, 0.15) is 11.5 Å². The van der Waals surface area contributed by atoms with Crippen molar-refractivity contribution in [3.8, 4) is 23.1 Å². The topological polar surface area (TPSA) is 56.6 Å². The number of rotatable bonds is 7. The van der Waals surface area contributed by atoms with Gasteiger partial charge < -0.3 is 14.4 Å². The van der Waals surface area contributed by atoms with E-state index in [1.165, 1.54) is 0 Å². The second-order valence-electron chi connectivity index (χ2n) is 7.39. The lowest BCUT2D eigenvalue weighted by Gasteiger charge is -2.26. The van der Waals surface area contributed by atoms with Crippen molar-refractivity contribution < 1.29 is 14.3 Å². The molecule has 1 aromatic heterocycles. The molecule has 0 radical (unpaired) electrons. The number of para-hydroxylation sites is 1. The summed E-state index contributed by atoms with van der Waals surface area (Å²) in [7, 11) is 1.65. The highest BCUT2D eigenvalue weighted by Gasteiger charge is 2.22. The molecular weight excluding hydrogens is 410 g/mol. The van der Waals surface area contributed by atoms with Gasteiger partial charge in [-0.05, 0) is 49.7 Å². The Kier molecular flexibility index (Phi) is 6.82. The van der Waals surface area contributed by atoms with Gasteiger partial charge in [0.05, 0.1) is 18.5 Å². The monoisotopic (exact) mass is 437 g/mol. The first-order valence-corrected chi connectivity index (χ1v) is 11.6. The Balaban J connectivity index is 1.62. The van der Waals surface area contributed by atoms with E-state index in [2.05, 4.69) is 0 Å². The maximum absolute atomic E-state index is 12.7. The predicted octanol–water partition coefficient (Wildman–Crippen LogP) is 4.49. The number of hydrogen-bond donors (Lipinski definition) is 0. The van der Waals surface area contributed by atoms with Crippen molar-refractivity contribution in [2.24, 2.45) is 0 Å². The Bertz CT molecular complexity index is 1010. The van der Waals surface area contributed by atoms with E-state index in [0.29, 0.717) is 18.7 Å². The van der Waals surface area contributed by atoms with Crippen LogP contribution in [0.5, 0.6) is 17.4 Å². The molecule has 4 rings (SSSR count). The van der Waals surface area contributed by atoms with E-state index in [1.54, 1.807) is 11.8 Å². The van der Waals surface area contributed by atoms with Crippen LogP contribution >= 0.6 is 11.8 Å². The summed E-state index contributed by atoms with van der Waals surface area (Å²) in [5, 5.41) is 4.75. The quantitative estimate of drug-likeness (QED) is 0.545. The number of aromatic nitrogens is 2. The third kappa shape index (κ3) is 5.05. The van der Waals surface area contributed by atoms with E-state index in [9.17, 15) is 4.79 Å². The molecule has 1 fully saturated rings. The first kappa shape index (κ1) is 21.3. The van der Waals surface area contributed by atoms with Gasteiger partial charge in [0.15, 0.2) is 0 Å². The number of amides is 1. The number of carbonyl (C=O) groups excluding carboxylic acids is 1. The van der Waals surface area contributed by atoms with Crippen LogP contribution < -0.4 is 9.47 Å². The number of benzene rings is 2. The number of hydrogen-bond acceptors (Lipinski definition) is 5. The van der Waals surface area contributed by atoms with Crippen molar-refractivity contribution >= 4 is 17.7 Å². The second kappa shape index (κ2) is 9.92. The molecule has 1 aliphatic heterocycles. The van der Waals surface area contributed by atoms with Crippen molar-refractivity contribution in [2.45, 2.75) is 19.8 Å². The number of nitrogens with zero attached hydrogens (tertiary/aromatic N) is 3. The van der Waals surface area contributed by atoms with E-state index in [1.807, 2.05) is 78.2 Å². The first-order chi connectivity index (χ1) is 15.2. The molecule has 162 valence electrons. The van der Waals surface area contributed by atoms with Gasteiger partial charge in [-0.25, -0.2) is 4.68 Å². The molecule has 0 saturated carbocycles. The van der Waals surface area contributed by atoms with E-state index >= 15 is 0 Å². The molecule has 1 amide bonds. The highest BCUT2D eigenvalue weighted by molar-refractivity contribution is 7.99. The molecule has 0 spiro atoms. The molecule has 0 aliphatic carbocycles. The number of ether oxygens (including phenoxy) is 2. The maximum atomic E-state index is 12.7. The molecule has 0 bridgehead atoms. The normalized spacial score (nSPS) is 13.8. The zero-order chi connectivity index (χ0) is 21.6. The van der Waals surface area contributed by atoms with Gasteiger partial charge in [0.25, 0.3) is 0 Å². The number of methoxy groups -OCH3 is 1. The van der Waals surface area contributed by atoms with Crippen LogP contribution in [0.4, 0.5) is 0 Å². The maximum Gasteiger partial charge on any atom is 0.226 e. The summed E-state index contributed by atoms with van der Waals surface area (Å²) in [5.41, 5.74) is 2.70. The largest absolute Gasteiger partial charge is 0.497 e. The second-order valence-corrected chi connectivity index (χ2v) is 8.61. The van der Waals surface area contributed by atoms with Crippen LogP contribution in [-0.4, -0.2) is 52.3 Å². The highest BCUT2D eigenvalue weighted by atomic mass is 32.2. The molecule has 0 unspecified atom stereocenters. The predicted molar refractivity (Wildman–Crippen MR) is 124 cm³/mol. The molecule has 0 N–H and O–H groups in total. The van der Waals surface area contributed by atoms with Crippen molar-refractivity contribution in [3.63, 3.8) is 0 Å². The van der Waals surface area contributed by atoms with Crippen molar-refractivity contribution in [1.82, 2.24) is 14.7 Å². The molecule has 0 atom stereocenters. The van der Waals surface area contributed by atoms with Crippen molar-refractivity contribution in [2.75, 3.05) is 31.7 Å². The van der Waals surface area contributed by atoms with Crippen LogP contribution in [0.15, 0.2) is 54.6 Å². The average Bonchev–Trinajstić information content (AvgIpc) is 3.13. The summed E-state index contributed by atoms with van der Waals surface area (Å²) in [4.78, 5) is 14.7. The van der Waals surface area contributed by atoms with Gasteiger partial charge in [-0.3, -0.25) is 4.79 Å². The Labute approximate surface area is 187 Å². The third-order valence-electron chi connectivity index (χ3n) is 5.36. The SMILES string of the molecule is COc1ccc(-n2nc(C)c(CCC(=O)N3CCSCC3)c2Oc2ccccc2)cc1. The fourth-order valence-electron chi connectivity index (χ4n) is 3.63. The average molecular weight is 438 g/mol. The molecule has 3 aromatic rings. The minimum absolute atomic E-state index is 0.197. The molecule has 2 aromatic carbocycles. The summed E-state index contributed by atoms with van der Waals surface area (Å²) in [5.74, 6) is 4.39. The van der Waals surface area contributed by atoms with Crippen LogP contribution in [0.1, 0.15) is 17.7 Å². The lowest BCUT2D eigenvalue weighted by atomic mass is 10.1. The minimum atomic E-state index is 0.197. The van der Waals surface area contributed by atoms with Crippen molar-refractivity contribution in [1.29, 1.82) is 0 Å². The lowest BCUT2D eigenvalue weighted by molar-refractivity contribution is -0.130. The van der Waals surface area contributed by atoms with Crippen molar-refractivity contribution in [3.05, 3.63) is 65.9 Å². The summed E-state index contributed by atoms with van der Waals surface area (Å²) < 4.78 is 13.4. The van der Waals surface area contributed by atoms with Crippen LogP contribution in [-0.2, 0) is 11.2 Å². The fraction of sp³-hybridized carbons (Fsp3) is 0.333. The first-order valence-electron chi connectivity index (χ1n) is 10.5. The summed E-state index contributed by atoms with van der Waals surface area (Å²) >= 11 is 1.90. The van der Waals surface area contributed by atoms with Gasteiger partial charge in [-0.15, -0.1) is 0 Å². The standard InChI is InChI=1S/C24H27N3O3S/c1-18-22(12-13-23(28)26-14-16-31-17-15-26)24(30-21-6-4-3-5-7-21)27(25-18)19-8-10-20(29-2)11-9-19/h3-11H,12-17H2,1-2H3. The lowest BCUT2D eigenvalue weighted by Crippen LogP contribution is -2.38. The molecule has 2 heterocycles. The van der Waals surface area contributed by atoms with Gasteiger partial charge in [-0.1, -0.05) is 18.2 Å². The van der Waals surface area contributed by atoms with Crippen LogP contribution in [0, 0.1) is 6.92 Å². The minimum Gasteiger partial charge on any atom is -0.497 e. The van der Waals surface area contributed by atoms with E-state index < -0.39 is 0 Å². The molecular formula is C24H27N3O3S. The zero-order valence-corrected chi connectivity index (χ0v) is 18.7. The molecule has 7 heteroatoms. The third-order valence-corrected chi connectivity index (χ3v) is 6.31. The van der Waals surface area contributed by atoms with Crippen LogP contribution in [0.3, 0.4) is 0 Å². The van der Waals surface area contributed by atoms with Gasteiger partial charge >= 0.3 is 0 Å². The summed E-state index contributed by atoms with van der Waals surface area (Å²) in [6.45, 7) is 3.64. The molecule has 1 aliphatic rings. The summed E-state index contributed by atoms with van der Waals surface area (Å²) in [6, 6.07) is 17.4. The molecule has 31 heavy (non-hydrogen) atoms. The smallest absolute Gasteiger partial charge is 0.226 e. The Hall–Kier alpha value is -2.93. The van der Waals surface area contributed by atoms with E-state index in [4.69, 9.17) is 14.6 Å². The van der Waals surface area contributed by atoms with E-state index in [-0.39, 0.29) is 5.91 Å². The van der Waals surface area contributed by atoms with Crippen LogP contribution in [0.2, 0.25) is 0 Å². The van der Waals surface area contributed by atoms with Crippen LogP contribution in [0.25, 0.3) is 5.69 Å².